The van der Waals surface area contributed by atoms with Crippen LogP contribution in [0.1, 0.15) is 11.3 Å². The topological polar surface area (TPSA) is 81.2 Å². The second kappa shape index (κ2) is 5.28. The first kappa shape index (κ1) is 12.7. The first-order valence-corrected chi connectivity index (χ1v) is 5.94. The van der Waals surface area contributed by atoms with Gasteiger partial charge in [0.25, 0.3) is 5.69 Å². The lowest BCUT2D eigenvalue weighted by Gasteiger charge is -2.05. The number of nitro groups is 1. The molecule has 94 valence electrons. The van der Waals surface area contributed by atoms with Gasteiger partial charge in [-0.25, -0.2) is 4.98 Å². The zero-order chi connectivity index (χ0) is 13.1. The van der Waals surface area contributed by atoms with Gasteiger partial charge in [-0.3, -0.25) is 10.1 Å². The summed E-state index contributed by atoms with van der Waals surface area (Å²) in [4.78, 5) is 14.2. The molecule has 2 rings (SSSR count). The molecule has 18 heavy (non-hydrogen) atoms. The molecule has 6 nitrogen and oxygen atoms in total. The first-order valence-electron chi connectivity index (χ1n) is 5.14. The molecule has 0 amide bonds. The van der Waals surface area contributed by atoms with Gasteiger partial charge in [0.15, 0.2) is 0 Å². The van der Waals surface area contributed by atoms with E-state index in [0.717, 1.165) is 5.56 Å². The average molecular weight is 312 g/mol. The van der Waals surface area contributed by atoms with Crippen LogP contribution in [0, 0.1) is 10.1 Å². The molecule has 1 N–H and O–H groups in total. The molecule has 1 aromatic carbocycles. The number of non-ortho nitro benzene ring substituents is 1. The van der Waals surface area contributed by atoms with Crippen LogP contribution in [-0.2, 0) is 13.2 Å². The summed E-state index contributed by atoms with van der Waals surface area (Å²) in [5.41, 5.74) is 1.54. The van der Waals surface area contributed by atoms with E-state index in [9.17, 15) is 10.1 Å². The molecule has 2 aromatic rings. The summed E-state index contributed by atoms with van der Waals surface area (Å²) in [7, 11) is 0. The van der Waals surface area contributed by atoms with Gasteiger partial charge in [-0.05, 0) is 11.6 Å². The van der Waals surface area contributed by atoms with E-state index in [0.29, 0.717) is 16.7 Å². The van der Waals surface area contributed by atoms with Gasteiger partial charge in [-0.15, -0.1) is 0 Å². The van der Waals surface area contributed by atoms with Crippen molar-refractivity contribution in [2.45, 2.75) is 13.2 Å². The highest BCUT2D eigenvalue weighted by Gasteiger charge is 2.09. The number of hydrogen-bond donors (Lipinski definition) is 1. The third kappa shape index (κ3) is 2.74. The van der Waals surface area contributed by atoms with Crippen molar-refractivity contribution in [2.75, 3.05) is 0 Å². The average Bonchev–Trinajstić information content (AvgIpc) is 2.79. The Morgan fingerprint density at radius 3 is 2.83 bits per heavy atom. The third-order valence-corrected chi connectivity index (χ3v) is 3.19. The quantitative estimate of drug-likeness (QED) is 0.692. The van der Waals surface area contributed by atoms with Gasteiger partial charge in [0.1, 0.15) is 0 Å². The number of imidazole rings is 1. The maximum Gasteiger partial charge on any atom is 0.270 e. The van der Waals surface area contributed by atoms with Crippen molar-refractivity contribution in [3.8, 4) is 0 Å². The third-order valence-electron chi connectivity index (χ3n) is 2.45. The van der Waals surface area contributed by atoms with Crippen LogP contribution >= 0.6 is 15.9 Å². The molecule has 0 saturated heterocycles. The van der Waals surface area contributed by atoms with E-state index in [1.54, 1.807) is 23.2 Å². The minimum Gasteiger partial charge on any atom is -0.390 e. The molecule has 0 bridgehead atoms. The highest BCUT2D eigenvalue weighted by atomic mass is 79.9. The van der Waals surface area contributed by atoms with Crippen LogP contribution in [0.2, 0.25) is 0 Å². The molecule has 0 radical (unpaired) electrons. The lowest BCUT2D eigenvalue weighted by Crippen LogP contribution is -1.98. The molecule has 0 atom stereocenters. The zero-order valence-corrected chi connectivity index (χ0v) is 10.9. The van der Waals surface area contributed by atoms with Gasteiger partial charge in [0, 0.05) is 29.3 Å². The summed E-state index contributed by atoms with van der Waals surface area (Å²) in [5.74, 6) is 0. The largest absolute Gasteiger partial charge is 0.390 e. The molecule has 0 spiro atoms. The van der Waals surface area contributed by atoms with Gasteiger partial charge >= 0.3 is 0 Å². The highest BCUT2D eigenvalue weighted by Crippen LogP contribution is 2.23. The summed E-state index contributed by atoms with van der Waals surface area (Å²) >= 11 is 3.31. The Labute approximate surface area is 111 Å². The summed E-state index contributed by atoms with van der Waals surface area (Å²) < 4.78 is 2.48. The van der Waals surface area contributed by atoms with Gasteiger partial charge in [0.05, 0.1) is 23.6 Å². The standard InChI is InChI=1S/C11H10BrN3O3/c12-11-3-10(15(17)18)2-1-8(11)4-14-5-9(6-16)13-7-14/h1-3,5,7,16H,4,6H2. The van der Waals surface area contributed by atoms with Gasteiger partial charge in [-0.1, -0.05) is 15.9 Å². The number of nitro benzene ring substituents is 1. The molecular formula is C11H10BrN3O3. The molecular weight excluding hydrogens is 302 g/mol. The molecule has 1 aromatic heterocycles. The fraction of sp³-hybridized carbons (Fsp3) is 0.182. The van der Waals surface area contributed by atoms with Crippen LogP contribution in [-0.4, -0.2) is 19.6 Å². The van der Waals surface area contributed by atoms with E-state index in [1.165, 1.54) is 12.1 Å². The summed E-state index contributed by atoms with van der Waals surface area (Å²) in [6.45, 7) is 0.431. The predicted molar refractivity (Wildman–Crippen MR) is 68.0 cm³/mol. The van der Waals surface area contributed by atoms with Crippen molar-refractivity contribution in [1.82, 2.24) is 9.55 Å². The second-order valence-electron chi connectivity index (χ2n) is 3.73. The number of benzene rings is 1. The Bertz CT molecular complexity index is 583. The Morgan fingerprint density at radius 2 is 2.28 bits per heavy atom. The van der Waals surface area contributed by atoms with Crippen molar-refractivity contribution in [1.29, 1.82) is 0 Å². The Balaban J connectivity index is 2.21. The minimum absolute atomic E-state index is 0.0484. The summed E-state index contributed by atoms with van der Waals surface area (Å²) in [6, 6.07) is 4.63. The number of rotatable bonds is 4. The van der Waals surface area contributed by atoms with Gasteiger partial charge in [0.2, 0.25) is 0 Å². The molecule has 0 saturated carbocycles. The van der Waals surface area contributed by atoms with E-state index in [4.69, 9.17) is 5.11 Å². The molecule has 0 aliphatic rings. The molecule has 7 heteroatoms. The predicted octanol–water partition coefficient (Wildman–Crippen LogP) is 2.09. The lowest BCUT2D eigenvalue weighted by molar-refractivity contribution is -0.384. The van der Waals surface area contributed by atoms with Crippen LogP contribution in [0.4, 0.5) is 5.69 Å². The smallest absolute Gasteiger partial charge is 0.270 e. The number of hydrogen-bond acceptors (Lipinski definition) is 4. The van der Waals surface area contributed by atoms with E-state index < -0.39 is 4.92 Å². The van der Waals surface area contributed by atoms with Crippen molar-refractivity contribution in [3.05, 3.63) is 56.6 Å². The minimum atomic E-state index is -0.435. The first-order chi connectivity index (χ1) is 8.60. The van der Waals surface area contributed by atoms with Crippen molar-refractivity contribution in [2.24, 2.45) is 0 Å². The Morgan fingerprint density at radius 1 is 1.50 bits per heavy atom. The number of halogens is 1. The SMILES string of the molecule is O=[N+]([O-])c1ccc(Cn2cnc(CO)c2)c(Br)c1. The number of nitrogens with zero attached hydrogens (tertiary/aromatic N) is 3. The Kier molecular flexibility index (Phi) is 3.73. The van der Waals surface area contributed by atoms with Crippen molar-refractivity contribution < 1.29 is 10.0 Å². The fourth-order valence-electron chi connectivity index (χ4n) is 1.55. The maximum atomic E-state index is 10.6. The van der Waals surface area contributed by atoms with Crippen LogP contribution in [0.5, 0.6) is 0 Å². The van der Waals surface area contributed by atoms with Gasteiger partial charge in [-0.2, -0.15) is 0 Å². The molecule has 0 aliphatic carbocycles. The number of aliphatic hydroxyl groups excluding tert-OH is 1. The van der Waals surface area contributed by atoms with Crippen molar-refractivity contribution >= 4 is 21.6 Å². The molecule has 1 heterocycles. The Hall–Kier alpha value is -1.73. The summed E-state index contributed by atoms with van der Waals surface area (Å²) in [5, 5.41) is 19.5. The fourth-order valence-corrected chi connectivity index (χ4v) is 2.04. The van der Waals surface area contributed by atoms with Crippen LogP contribution in [0.3, 0.4) is 0 Å². The summed E-state index contributed by atoms with van der Waals surface area (Å²) in [6.07, 6.45) is 3.34. The van der Waals surface area contributed by atoms with Crippen LogP contribution < -0.4 is 0 Å². The lowest BCUT2D eigenvalue weighted by atomic mass is 10.2. The maximum absolute atomic E-state index is 10.6. The zero-order valence-electron chi connectivity index (χ0n) is 9.28. The van der Waals surface area contributed by atoms with Gasteiger partial charge < -0.3 is 9.67 Å². The van der Waals surface area contributed by atoms with E-state index in [2.05, 4.69) is 20.9 Å². The van der Waals surface area contributed by atoms with Crippen LogP contribution in [0.25, 0.3) is 0 Å². The molecule has 0 unspecified atom stereocenters. The van der Waals surface area contributed by atoms with Crippen LogP contribution in [0.15, 0.2) is 35.2 Å². The number of aromatic nitrogens is 2. The van der Waals surface area contributed by atoms with E-state index in [-0.39, 0.29) is 12.3 Å². The highest BCUT2D eigenvalue weighted by molar-refractivity contribution is 9.10. The van der Waals surface area contributed by atoms with Crippen molar-refractivity contribution in [3.63, 3.8) is 0 Å². The monoisotopic (exact) mass is 311 g/mol. The number of aliphatic hydroxyl groups is 1. The normalized spacial score (nSPS) is 10.6. The molecule has 0 aliphatic heterocycles. The molecule has 0 fully saturated rings. The van der Waals surface area contributed by atoms with E-state index in [1.807, 2.05) is 0 Å². The second-order valence-corrected chi connectivity index (χ2v) is 4.58. The van der Waals surface area contributed by atoms with E-state index >= 15 is 0 Å².